The first-order valence-electron chi connectivity index (χ1n) is 9.67. The normalized spacial score (nSPS) is 21.3. The van der Waals surface area contributed by atoms with Crippen LogP contribution in [0.5, 0.6) is 0 Å². The lowest BCUT2D eigenvalue weighted by molar-refractivity contribution is -0.277. The van der Waals surface area contributed by atoms with E-state index in [0.29, 0.717) is 22.0 Å². The van der Waals surface area contributed by atoms with Crippen molar-refractivity contribution >= 4 is 11.6 Å². The molecule has 0 bridgehead atoms. The molecule has 1 aromatic carbocycles. The van der Waals surface area contributed by atoms with Crippen LogP contribution in [0.3, 0.4) is 0 Å². The maximum absolute atomic E-state index is 14.1. The van der Waals surface area contributed by atoms with Crippen LogP contribution in [0.25, 0.3) is 0 Å². The van der Waals surface area contributed by atoms with Gasteiger partial charge in [0.05, 0.1) is 17.7 Å². The molecule has 172 valence electrons. The van der Waals surface area contributed by atoms with Gasteiger partial charge in [-0.1, -0.05) is 11.2 Å². The molecule has 1 unspecified atom stereocenters. The molecule has 1 atom stereocenters. The Morgan fingerprint density at radius 1 is 1.22 bits per heavy atom. The monoisotopic (exact) mass is 460 g/mol. The van der Waals surface area contributed by atoms with Gasteiger partial charge in [-0.15, -0.1) is 0 Å². The smallest absolute Gasteiger partial charge is 0.374 e. The van der Waals surface area contributed by atoms with Crippen molar-refractivity contribution in [3.8, 4) is 0 Å². The van der Waals surface area contributed by atoms with Crippen molar-refractivity contribution in [2.24, 2.45) is 12.2 Å². The summed E-state index contributed by atoms with van der Waals surface area (Å²) in [6.07, 6.45) is -8.87. The Morgan fingerprint density at radius 3 is 2.47 bits per heavy atom. The summed E-state index contributed by atoms with van der Waals surface area (Å²) in [5.74, 6) is -0.295. The predicted octanol–water partition coefficient (Wildman–Crippen LogP) is 4.22. The van der Waals surface area contributed by atoms with Gasteiger partial charge in [0, 0.05) is 24.8 Å². The summed E-state index contributed by atoms with van der Waals surface area (Å²) < 4.78 is 83.1. The Balaban J connectivity index is 1.67. The number of amides is 1. The van der Waals surface area contributed by atoms with Gasteiger partial charge in [-0.2, -0.15) is 31.4 Å². The third kappa shape index (κ3) is 3.82. The standard InChI is InChI=1S/C20H18F6N4O2/c1-10-7-11(3-6-13(10)17(31)27-12-4-5-12)15-8-18(32-29-15,20(24,25)26)14-9-30(2)28-16(14)19(21,22)23/h3,6-7,9,12H,4-5,8H2,1-2H3,(H,27,31). The third-order valence-electron chi connectivity index (χ3n) is 5.44. The number of halogens is 6. The minimum atomic E-state index is -5.21. The van der Waals surface area contributed by atoms with E-state index in [9.17, 15) is 31.1 Å². The molecule has 2 aliphatic rings. The van der Waals surface area contributed by atoms with E-state index in [1.807, 2.05) is 0 Å². The third-order valence-corrected chi connectivity index (χ3v) is 5.44. The van der Waals surface area contributed by atoms with Crippen LogP contribution in [0.15, 0.2) is 29.6 Å². The summed E-state index contributed by atoms with van der Waals surface area (Å²) in [6, 6.07) is 4.44. The van der Waals surface area contributed by atoms with Crippen LogP contribution in [0.2, 0.25) is 0 Å². The highest BCUT2D eigenvalue weighted by Crippen LogP contribution is 2.51. The summed E-state index contributed by atoms with van der Waals surface area (Å²) in [7, 11) is 1.09. The van der Waals surface area contributed by atoms with Crippen molar-refractivity contribution in [1.29, 1.82) is 0 Å². The molecular formula is C20H18F6N4O2. The summed E-state index contributed by atoms with van der Waals surface area (Å²) in [4.78, 5) is 17.0. The molecule has 0 spiro atoms. The molecular weight excluding hydrogens is 442 g/mol. The molecule has 1 aliphatic heterocycles. The van der Waals surface area contributed by atoms with E-state index in [-0.39, 0.29) is 23.2 Å². The number of aromatic nitrogens is 2. The van der Waals surface area contributed by atoms with Crippen LogP contribution in [-0.2, 0) is 23.7 Å². The van der Waals surface area contributed by atoms with Crippen molar-refractivity contribution in [2.45, 2.75) is 50.2 Å². The molecule has 1 aliphatic carbocycles. The number of rotatable bonds is 4. The number of aryl methyl sites for hydroxylation is 2. The van der Waals surface area contributed by atoms with Crippen molar-refractivity contribution in [3.05, 3.63) is 52.3 Å². The Labute approximate surface area is 178 Å². The first-order valence-corrected chi connectivity index (χ1v) is 9.67. The molecule has 2 aromatic rings. The highest BCUT2D eigenvalue weighted by molar-refractivity contribution is 6.03. The van der Waals surface area contributed by atoms with E-state index in [1.165, 1.54) is 18.2 Å². The molecule has 1 fully saturated rings. The molecule has 32 heavy (non-hydrogen) atoms. The number of alkyl halides is 6. The summed E-state index contributed by atoms with van der Waals surface area (Å²) in [5, 5.41) is 9.49. The Bertz CT molecular complexity index is 1100. The Morgan fingerprint density at radius 2 is 1.91 bits per heavy atom. The molecule has 12 heteroatoms. The van der Waals surface area contributed by atoms with Crippen molar-refractivity contribution in [1.82, 2.24) is 15.1 Å². The summed E-state index contributed by atoms with van der Waals surface area (Å²) in [6.45, 7) is 1.61. The maximum Gasteiger partial charge on any atom is 0.435 e. The average molecular weight is 460 g/mol. The van der Waals surface area contributed by atoms with E-state index in [1.54, 1.807) is 6.92 Å². The van der Waals surface area contributed by atoms with Crippen LogP contribution < -0.4 is 5.32 Å². The van der Waals surface area contributed by atoms with Crippen molar-refractivity contribution < 1.29 is 36.0 Å². The fraction of sp³-hybridized carbons (Fsp3) is 0.450. The highest BCUT2D eigenvalue weighted by Gasteiger charge is 2.65. The number of nitrogens with one attached hydrogen (secondary N) is 1. The number of benzene rings is 1. The minimum Gasteiger partial charge on any atom is -0.374 e. The van der Waals surface area contributed by atoms with Gasteiger partial charge in [0.2, 0.25) is 0 Å². The second-order valence-corrected chi connectivity index (χ2v) is 7.97. The van der Waals surface area contributed by atoms with Crippen LogP contribution >= 0.6 is 0 Å². The largest absolute Gasteiger partial charge is 0.435 e. The number of hydrogen-bond acceptors (Lipinski definition) is 4. The molecule has 0 saturated heterocycles. The lowest BCUT2D eigenvalue weighted by Crippen LogP contribution is -2.43. The van der Waals surface area contributed by atoms with Crippen molar-refractivity contribution in [3.63, 3.8) is 0 Å². The average Bonchev–Trinajstić information content (AvgIpc) is 3.20. The zero-order valence-corrected chi connectivity index (χ0v) is 16.9. The number of carbonyl (C=O) groups is 1. The first-order chi connectivity index (χ1) is 14.8. The van der Waals surface area contributed by atoms with Gasteiger partial charge >= 0.3 is 12.4 Å². The Kier molecular flexibility index (Phi) is 5.01. The van der Waals surface area contributed by atoms with Crippen LogP contribution in [-0.4, -0.2) is 33.6 Å². The SMILES string of the molecule is Cc1cc(C2=NOC(c3cn(C)nc3C(F)(F)F)(C(F)(F)F)C2)ccc1C(=O)NC1CC1. The quantitative estimate of drug-likeness (QED) is 0.695. The van der Waals surface area contributed by atoms with E-state index in [4.69, 9.17) is 4.84 Å². The van der Waals surface area contributed by atoms with Gasteiger partial charge in [-0.05, 0) is 43.0 Å². The van der Waals surface area contributed by atoms with Gasteiger partial charge in [0.1, 0.15) is 0 Å². The number of nitrogens with zero attached hydrogens (tertiary/aromatic N) is 3. The lowest BCUT2D eigenvalue weighted by atomic mass is 9.86. The molecule has 6 nitrogen and oxygen atoms in total. The van der Waals surface area contributed by atoms with Crippen LogP contribution in [0.1, 0.15) is 52.0 Å². The molecule has 1 saturated carbocycles. The van der Waals surface area contributed by atoms with E-state index in [0.717, 1.165) is 19.9 Å². The minimum absolute atomic E-state index is 0.129. The molecule has 2 heterocycles. The van der Waals surface area contributed by atoms with Gasteiger partial charge in [-0.3, -0.25) is 9.48 Å². The van der Waals surface area contributed by atoms with Gasteiger partial charge in [-0.25, -0.2) is 0 Å². The van der Waals surface area contributed by atoms with E-state index >= 15 is 0 Å². The summed E-state index contributed by atoms with van der Waals surface area (Å²) >= 11 is 0. The number of hydrogen-bond donors (Lipinski definition) is 1. The second kappa shape index (κ2) is 7.24. The molecule has 1 N–H and O–H groups in total. The lowest BCUT2D eigenvalue weighted by Gasteiger charge is -2.29. The van der Waals surface area contributed by atoms with Crippen LogP contribution in [0, 0.1) is 6.92 Å². The van der Waals surface area contributed by atoms with Gasteiger partial charge in [0.15, 0.2) is 5.69 Å². The Hall–Kier alpha value is -3.05. The predicted molar refractivity (Wildman–Crippen MR) is 99.8 cm³/mol. The van der Waals surface area contributed by atoms with Gasteiger partial charge in [0.25, 0.3) is 11.5 Å². The highest BCUT2D eigenvalue weighted by atomic mass is 19.4. The molecule has 1 aromatic heterocycles. The zero-order chi connectivity index (χ0) is 23.5. The number of oxime groups is 1. The van der Waals surface area contributed by atoms with E-state index < -0.39 is 35.6 Å². The van der Waals surface area contributed by atoms with E-state index in [2.05, 4.69) is 15.6 Å². The fourth-order valence-electron chi connectivity index (χ4n) is 3.62. The molecule has 0 radical (unpaired) electrons. The topological polar surface area (TPSA) is 68.5 Å². The fourth-order valence-corrected chi connectivity index (χ4v) is 3.62. The molecule has 1 amide bonds. The first kappa shape index (κ1) is 22.2. The summed E-state index contributed by atoms with van der Waals surface area (Å²) in [5.41, 5.74) is -5.30. The maximum atomic E-state index is 14.1. The van der Waals surface area contributed by atoms with Crippen LogP contribution in [0.4, 0.5) is 26.3 Å². The number of carbonyl (C=O) groups excluding carboxylic acids is 1. The van der Waals surface area contributed by atoms with Gasteiger partial charge < -0.3 is 10.2 Å². The zero-order valence-electron chi connectivity index (χ0n) is 16.9. The second-order valence-electron chi connectivity index (χ2n) is 7.97. The molecule has 4 rings (SSSR count). The van der Waals surface area contributed by atoms with Crippen molar-refractivity contribution in [2.75, 3.05) is 0 Å².